The quantitative estimate of drug-likeness (QED) is 0.570. The van der Waals surface area contributed by atoms with Gasteiger partial charge in [0.2, 0.25) is 0 Å². The Bertz CT molecular complexity index is 119. The molecule has 3 nitrogen and oxygen atoms in total. The van der Waals surface area contributed by atoms with Gasteiger partial charge < -0.3 is 15.2 Å². The minimum absolute atomic E-state index is 0.166. The third-order valence-corrected chi connectivity index (χ3v) is 1.93. The number of carbonyl (C=O) groups is 1. The highest BCUT2D eigenvalue weighted by Crippen LogP contribution is 2.16. The van der Waals surface area contributed by atoms with E-state index in [2.05, 4.69) is 5.32 Å². The lowest BCUT2D eigenvalue weighted by atomic mass is 9.96. The molecule has 3 heteroatoms. The van der Waals surface area contributed by atoms with Crippen LogP contribution in [0.5, 0.6) is 0 Å². The highest BCUT2D eigenvalue weighted by molar-refractivity contribution is 5.62. The topological polar surface area (TPSA) is 52.2 Å². The van der Waals surface area contributed by atoms with E-state index in [1.807, 2.05) is 0 Å². The van der Waals surface area contributed by atoms with Crippen LogP contribution >= 0.6 is 0 Å². The van der Waals surface area contributed by atoms with Gasteiger partial charge in [-0.25, -0.2) is 0 Å². The Morgan fingerprint density at radius 2 is 1.90 bits per heavy atom. The Labute approximate surface area is 60.4 Å². The second kappa shape index (κ2) is 3.44. The van der Waals surface area contributed by atoms with Crippen molar-refractivity contribution in [1.82, 2.24) is 5.32 Å². The van der Waals surface area contributed by atoms with Crippen LogP contribution in [0.4, 0.5) is 4.79 Å². The molecule has 0 saturated heterocycles. The van der Waals surface area contributed by atoms with E-state index in [9.17, 15) is 9.90 Å². The van der Waals surface area contributed by atoms with Crippen LogP contribution in [0.2, 0.25) is 0 Å². The van der Waals surface area contributed by atoms with Gasteiger partial charge in [-0.3, -0.25) is 0 Å². The number of amides is 1. The summed E-state index contributed by atoms with van der Waals surface area (Å²) in [6.45, 7) is 0. The summed E-state index contributed by atoms with van der Waals surface area (Å²) >= 11 is 0. The third-order valence-electron chi connectivity index (χ3n) is 1.93. The van der Waals surface area contributed by atoms with Crippen molar-refractivity contribution in [3.8, 4) is 0 Å². The van der Waals surface area contributed by atoms with E-state index in [1.165, 1.54) is 6.42 Å². The number of hydrogen-bond donors (Lipinski definition) is 1. The van der Waals surface area contributed by atoms with Crippen molar-refractivity contribution in [1.29, 1.82) is 0 Å². The fraction of sp³-hybridized carbons (Fsp3) is 0.857. The van der Waals surface area contributed by atoms with Gasteiger partial charge in [0.05, 0.1) is 0 Å². The van der Waals surface area contributed by atoms with Crippen molar-refractivity contribution in [2.24, 2.45) is 0 Å². The number of nitrogens with one attached hydrogen (secondary N) is 1. The molecule has 1 fully saturated rings. The van der Waals surface area contributed by atoms with Gasteiger partial charge in [-0.2, -0.15) is 0 Å². The molecule has 0 unspecified atom stereocenters. The minimum Gasteiger partial charge on any atom is -0.530 e. The van der Waals surface area contributed by atoms with E-state index < -0.39 is 6.09 Å². The van der Waals surface area contributed by atoms with Crippen molar-refractivity contribution in [3.05, 3.63) is 0 Å². The van der Waals surface area contributed by atoms with Crippen molar-refractivity contribution < 1.29 is 9.90 Å². The zero-order valence-electron chi connectivity index (χ0n) is 5.93. The predicted octanol–water partition coefficient (Wildman–Crippen LogP) is 0.252. The highest BCUT2D eigenvalue weighted by atomic mass is 16.4. The number of hydrogen-bond acceptors (Lipinski definition) is 2. The first-order chi connectivity index (χ1) is 4.79. The Kier molecular flexibility index (Phi) is 2.54. The molecule has 1 saturated carbocycles. The van der Waals surface area contributed by atoms with Crippen LogP contribution < -0.4 is 10.4 Å². The monoisotopic (exact) mass is 142 g/mol. The van der Waals surface area contributed by atoms with Crippen LogP contribution in [0.15, 0.2) is 0 Å². The second-order valence-electron chi connectivity index (χ2n) is 2.77. The normalized spacial score (nSPS) is 20.4. The Balaban J connectivity index is 2.19. The molecule has 0 radical (unpaired) electrons. The summed E-state index contributed by atoms with van der Waals surface area (Å²) in [4.78, 5) is 10.0. The SMILES string of the molecule is O=C([O-])NC1CCCCC1. The average Bonchev–Trinajstić information content (AvgIpc) is 1.88. The zero-order chi connectivity index (χ0) is 7.40. The molecule has 0 heterocycles. The van der Waals surface area contributed by atoms with E-state index in [1.54, 1.807) is 0 Å². The van der Waals surface area contributed by atoms with E-state index >= 15 is 0 Å². The van der Waals surface area contributed by atoms with Crippen molar-refractivity contribution >= 4 is 6.09 Å². The molecule has 0 spiro atoms. The number of rotatable bonds is 1. The third kappa shape index (κ3) is 2.25. The van der Waals surface area contributed by atoms with E-state index in [0.29, 0.717) is 0 Å². The summed E-state index contributed by atoms with van der Waals surface area (Å²) in [5.74, 6) is 0. The van der Waals surface area contributed by atoms with Gasteiger partial charge >= 0.3 is 0 Å². The summed E-state index contributed by atoms with van der Waals surface area (Å²) in [7, 11) is 0. The molecular formula is C7H12NO2-. The maximum Gasteiger partial charge on any atom is 0.134 e. The summed E-state index contributed by atoms with van der Waals surface area (Å²) in [5, 5.41) is 12.4. The summed E-state index contributed by atoms with van der Waals surface area (Å²) in [6, 6.07) is 0.166. The molecular weight excluding hydrogens is 130 g/mol. The van der Waals surface area contributed by atoms with Gasteiger partial charge in [0.1, 0.15) is 6.09 Å². The first-order valence-corrected chi connectivity index (χ1v) is 3.76. The molecule has 1 amide bonds. The highest BCUT2D eigenvalue weighted by Gasteiger charge is 2.11. The lowest BCUT2D eigenvalue weighted by Crippen LogP contribution is -2.43. The Morgan fingerprint density at radius 3 is 2.40 bits per heavy atom. The van der Waals surface area contributed by atoms with E-state index in [-0.39, 0.29) is 6.04 Å². The number of carboxylic acid groups (broad SMARTS) is 1. The molecule has 1 aliphatic rings. The van der Waals surface area contributed by atoms with Crippen molar-refractivity contribution in [3.63, 3.8) is 0 Å². The van der Waals surface area contributed by atoms with E-state index in [0.717, 1.165) is 25.7 Å². The van der Waals surface area contributed by atoms with Crippen LogP contribution in [0, 0.1) is 0 Å². The predicted molar refractivity (Wildman–Crippen MR) is 35.4 cm³/mol. The molecule has 1 aliphatic carbocycles. The van der Waals surface area contributed by atoms with Gasteiger partial charge in [0.25, 0.3) is 0 Å². The zero-order valence-corrected chi connectivity index (χ0v) is 5.93. The van der Waals surface area contributed by atoms with Crippen LogP contribution in [0.25, 0.3) is 0 Å². The second-order valence-corrected chi connectivity index (χ2v) is 2.77. The molecule has 0 bridgehead atoms. The molecule has 0 atom stereocenters. The maximum absolute atomic E-state index is 10.0. The largest absolute Gasteiger partial charge is 0.530 e. The van der Waals surface area contributed by atoms with Crippen molar-refractivity contribution in [2.75, 3.05) is 0 Å². The first kappa shape index (κ1) is 7.38. The summed E-state index contributed by atoms with van der Waals surface area (Å²) < 4.78 is 0. The van der Waals surface area contributed by atoms with Crippen LogP contribution in [0.3, 0.4) is 0 Å². The standard InChI is InChI=1S/C7H13NO2/c9-7(10)8-6-4-2-1-3-5-6/h6,8H,1-5H2,(H,9,10)/p-1. The molecule has 1 N–H and O–H groups in total. The minimum atomic E-state index is -1.13. The van der Waals surface area contributed by atoms with Gasteiger partial charge in [-0.15, -0.1) is 0 Å². The molecule has 58 valence electrons. The summed E-state index contributed by atoms with van der Waals surface area (Å²) in [6.07, 6.45) is 4.36. The van der Waals surface area contributed by atoms with Gasteiger partial charge in [-0.1, -0.05) is 19.3 Å². The fourth-order valence-corrected chi connectivity index (χ4v) is 1.41. The van der Waals surface area contributed by atoms with E-state index in [4.69, 9.17) is 0 Å². The lowest BCUT2D eigenvalue weighted by molar-refractivity contribution is -0.251. The van der Waals surface area contributed by atoms with Crippen LogP contribution in [0.1, 0.15) is 32.1 Å². The molecule has 1 rings (SSSR count). The Hall–Kier alpha value is -0.730. The molecule has 0 aliphatic heterocycles. The molecule has 0 aromatic heterocycles. The van der Waals surface area contributed by atoms with Gasteiger partial charge in [-0.05, 0) is 12.8 Å². The van der Waals surface area contributed by atoms with Gasteiger partial charge in [0, 0.05) is 6.04 Å². The fourth-order valence-electron chi connectivity index (χ4n) is 1.41. The lowest BCUT2D eigenvalue weighted by Gasteiger charge is -2.23. The maximum atomic E-state index is 10.0. The number of carbonyl (C=O) groups excluding carboxylic acids is 1. The Morgan fingerprint density at radius 1 is 1.30 bits per heavy atom. The van der Waals surface area contributed by atoms with Crippen LogP contribution in [-0.2, 0) is 0 Å². The van der Waals surface area contributed by atoms with Gasteiger partial charge in [0.15, 0.2) is 0 Å². The molecule has 0 aromatic rings. The molecule has 0 aromatic carbocycles. The molecule has 10 heavy (non-hydrogen) atoms. The first-order valence-electron chi connectivity index (χ1n) is 3.76. The smallest absolute Gasteiger partial charge is 0.134 e. The van der Waals surface area contributed by atoms with Crippen LogP contribution in [-0.4, -0.2) is 12.1 Å². The average molecular weight is 142 g/mol. The van der Waals surface area contributed by atoms with Crippen molar-refractivity contribution in [2.45, 2.75) is 38.1 Å². The summed E-state index contributed by atoms with van der Waals surface area (Å²) in [5.41, 5.74) is 0.